The van der Waals surface area contributed by atoms with E-state index in [4.69, 9.17) is 5.73 Å². The Balaban J connectivity index is 2.46. The number of aryl methyl sites for hydroxylation is 1. The third-order valence-corrected chi connectivity index (χ3v) is 3.41. The lowest BCUT2D eigenvalue weighted by molar-refractivity contribution is 0.636. The monoisotopic (exact) mass is 286 g/mol. The summed E-state index contributed by atoms with van der Waals surface area (Å²) in [6.45, 7) is 3.60. The Kier molecular flexibility index (Phi) is 3.10. The van der Waals surface area contributed by atoms with Gasteiger partial charge >= 0.3 is 0 Å². The zero-order chi connectivity index (χ0) is 15.1. The fourth-order valence-electron chi connectivity index (χ4n) is 2.43. The lowest BCUT2D eigenvalue weighted by atomic mass is 10.1. The van der Waals surface area contributed by atoms with E-state index in [0.717, 1.165) is 5.69 Å². The third-order valence-electron chi connectivity index (χ3n) is 3.41. The highest BCUT2D eigenvalue weighted by Crippen LogP contribution is 2.21. The smallest absolute Gasteiger partial charge is 0.267 e. The molecule has 2 aromatic heterocycles. The van der Waals surface area contributed by atoms with Crippen molar-refractivity contribution < 1.29 is 4.39 Å². The number of fused-ring (bicyclic) bond motifs is 1. The second-order valence-corrected chi connectivity index (χ2v) is 5.11. The highest BCUT2D eigenvalue weighted by Gasteiger charge is 2.17. The van der Waals surface area contributed by atoms with Crippen molar-refractivity contribution in [2.45, 2.75) is 19.9 Å². The number of nitrogens with zero attached hydrogens (tertiary/aromatic N) is 2. The van der Waals surface area contributed by atoms with Crippen LogP contribution in [0.5, 0.6) is 0 Å². The molecule has 2 heterocycles. The maximum atomic E-state index is 14.0. The number of nitrogens with one attached hydrogen (secondary N) is 1. The van der Waals surface area contributed by atoms with Gasteiger partial charge in [0, 0.05) is 23.5 Å². The quantitative estimate of drug-likeness (QED) is 0.758. The number of benzene rings is 1. The molecule has 0 aliphatic carbocycles. The average Bonchev–Trinajstić information content (AvgIpc) is 2.84. The average molecular weight is 286 g/mol. The van der Waals surface area contributed by atoms with Crippen LogP contribution in [0.1, 0.15) is 24.4 Å². The van der Waals surface area contributed by atoms with Gasteiger partial charge in [0.25, 0.3) is 5.56 Å². The van der Waals surface area contributed by atoms with Gasteiger partial charge in [-0.25, -0.2) is 4.39 Å². The number of aromatic amines is 1. The first kappa shape index (κ1) is 13.5. The number of aromatic nitrogens is 3. The van der Waals surface area contributed by atoms with E-state index in [9.17, 15) is 9.18 Å². The lowest BCUT2D eigenvalue weighted by Crippen LogP contribution is -2.26. The van der Waals surface area contributed by atoms with Gasteiger partial charge in [0.1, 0.15) is 5.82 Å². The molecule has 0 radical (unpaired) electrons. The first-order valence-corrected chi connectivity index (χ1v) is 6.61. The molecule has 108 valence electrons. The standard InChI is InChI=1S/C15H15FN4O/c1-8-6-13(19-18-8)20-12(9(2)17)7-10-4-3-5-11(16)14(10)15(20)21/h3-7,9H,17H2,1-2H3,(H,18,19)/t9-/m0/s1. The largest absolute Gasteiger partial charge is 0.323 e. The fourth-order valence-corrected chi connectivity index (χ4v) is 2.43. The fraction of sp³-hybridized carbons (Fsp3) is 0.200. The van der Waals surface area contributed by atoms with E-state index in [1.807, 2.05) is 6.92 Å². The Morgan fingerprint density at radius 1 is 1.38 bits per heavy atom. The van der Waals surface area contributed by atoms with Gasteiger partial charge in [-0.1, -0.05) is 12.1 Å². The summed E-state index contributed by atoms with van der Waals surface area (Å²) < 4.78 is 15.4. The number of nitrogens with two attached hydrogens (primary N) is 1. The molecular weight excluding hydrogens is 271 g/mol. The van der Waals surface area contributed by atoms with Crippen molar-refractivity contribution in [3.8, 4) is 5.82 Å². The van der Waals surface area contributed by atoms with Crippen LogP contribution in [0.2, 0.25) is 0 Å². The summed E-state index contributed by atoms with van der Waals surface area (Å²) in [6.07, 6.45) is 0. The van der Waals surface area contributed by atoms with Crippen molar-refractivity contribution in [2.75, 3.05) is 0 Å². The first-order valence-electron chi connectivity index (χ1n) is 6.61. The van der Waals surface area contributed by atoms with Crippen molar-refractivity contribution in [3.63, 3.8) is 0 Å². The van der Waals surface area contributed by atoms with Crippen LogP contribution in [0.3, 0.4) is 0 Å². The molecule has 1 atom stereocenters. The summed E-state index contributed by atoms with van der Waals surface area (Å²) in [7, 11) is 0. The van der Waals surface area contributed by atoms with Gasteiger partial charge in [0.15, 0.2) is 5.82 Å². The minimum Gasteiger partial charge on any atom is -0.323 e. The highest BCUT2D eigenvalue weighted by atomic mass is 19.1. The summed E-state index contributed by atoms with van der Waals surface area (Å²) >= 11 is 0. The molecule has 0 unspecified atom stereocenters. The number of H-pyrrole nitrogens is 1. The van der Waals surface area contributed by atoms with Crippen LogP contribution in [-0.4, -0.2) is 14.8 Å². The Labute approximate surface area is 120 Å². The zero-order valence-electron chi connectivity index (χ0n) is 11.7. The molecule has 0 spiro atoms. The Bertz CT molecular complexity index is 879. The molecule has 0 amide bonds. The van der Waals surface area contributed by atoms with E-state index in [-0.39, 0.29) is 11.4 Å². The van der Waals surface area contributed by atoms with Gasteiger partial charge in [0.05, 0.1) is 5.39 Å². The number of hydrogen-bond donors (Lipinski definition) is 2. The van der Waals surface area contributed by atoms with Gasteiger partial charge < -0.3 is 5.73 Å². The molecule has 3 aromatic rings. The molecule has 0 saturated carbocycles. The van der Waals surface area contributed by atoms with Crippen LogP contribution in [0, 0.1) is 12.7 Å². The molecule has 0 fully saturated rings. The summed E-state index contributed by atoms with van der Waals surface area (Å²) in [5.74, 6) is -0.135. The molecule has 3 rings (SSSR count). The third kappa shape index (κ3) is 2.13. The van der Waals surface area contributed by atoms with Gasteiger partial charge in [-0.2, -0.15) is 5.10 Å². The van der Waals surface area contributed by atoms with E-state index in [1.165, 1.54) is 10.6 Å². The van der Waals surface area contributed by atoms with Crippen LogP contribution in [0.15, 0.2) is 35.1 Å². The van der Waals surface area contributed by atoms with E-state index in [0.29, 0.717) is 16.9 Å². The Morgan fingerprint density at radius 3 is 2.76 bits per heavy atom. The first-order chi connectivity index (χ1) is 9.99. The number of halogens is 1. The maximum absolute atomic E-state index is 14.0. The normalized spacial score (nSPS) is 12.8. The van der Waals surface area contributed by atoms with Gasteiger partial charge in [-0.3, -0.25) is 14.5 Å². The predicted molar refractivity (Wildman–Crippen MR) is 79.0 cm³/mol. The van der Waals surface area contributed by atoms with Crippen molar-refractivity contribution in [3.05, 3.63) is 57.9 Å². The van der Waals surface area contributed by atoms with E-state index < -0.39 is 11.4 Å². The van der Waals surface area contributed by atoms with Crippen molar-refractivity contribution >= 4 is 10.8 Å². The van der Waals surface area contributed by atoms with Crippen molar-refractivity contribution in [2.24, 2.45) is 5.73 Å². The molecule has 3 N–H and O–H groups in total. The second-order valence-electron chi connectivity index (χ2n) is 5.11. The predicted octanol–water partition coefficient (Wildman–Crippen LogP) is 2.18. The number of rotatable bonds is 2. The second kappa shape index (κ2) is 4.82. The molecule has 0 aliphatic rings. The van der Waals surface area contributed by atoms with E-state index in [2.05, 4.69) is 10.2 Å². The van der Waals surface area contributed by atoms with E-state index in [1.54, 1.807) is 31.2 Å². The molecule has 5 nitrogen and oxygen atoms in total. The van der Waals surface area contributed by atoms with Crippen LogP contribution >= 0.6 is 0 Å². The number of hydrogen-bond acceptors (Lipinski definition) is 3. The van der Waals surface area contributed by atoms with Crippen LogP contribution in [0.4, 0.5) is 4.39 Å². The van der Waals surface area contributed by atoms with E-state index >= 15 is 0 Å². The molecule has 0 saturated heterocycles. The molecule has 6 heteroatoms. The maximum Gasteiger partial charge on any atom is 0.267 e. The lowest BCUT2D eigenvalue weighted by Gasteiger charge is -2.15. The topological polar surface area (TPSA) is 76.7 Å². The van der Waals surface area contributed by atoms with Gasteiger partial charge in [-0.15, -0.1) is 0 Å². The van der Waals surface area contributed by atoms with Crippen LogP contribution < -0.4 is 11.3 Å². The molecule has 1 aromatic carbocycles. The summed E-state index contributed by atoms with van der Waals surface area (Å²) in [5, 5.41) is 7.45. The summed E-state index contributed by atoms with van der Waals surface area (Å²) in [4.78, 5) is 12.7. The Morgan fingerprint density at radius 2 is 2.14 bits per heavy atom. The summed E-state index contributed by atoms with van der Waals surface area (Å²) in [6, 6.07) is 7.61. The molecule has 21 heavy (non-hydrogen) atoms. The minimum absolute atomic E-state index is 0.0440. The van der Waals surface area contributed by atoms with Gasteiger partial charge in [-0.05, 0) is 31.4 Å². The molecular formula is C15H15FN4O. The summed E-state index contributed by atoms with van der Waals surface area (Å²) in [5.41, 5.74) is 6.91. The van der Waals surface area contributed by atoms with Crippen LogP contribution in [-0.2, 0) is 0 Å². The number of pyridine rings is 1. The molecule has 0 aliphatic heterocycles. The Hall–Kier alpha value is -2.47. The minimum atomic E-state index is -0.547. The zero-order valence-corrected chi connectivity index (χ0v) is 11.7. The van der Waals surface area contributed by atoms with Gasteiger partial charge in [0.2, 0.25) is 0 Å². The van der Waals surface area contributed by atoms with Crippen LogP contribution in [0.25, 0.3) is 16.6 Å². The van der Waals surface area contributed by atoms with Crippen molar-refractivity contribution in [1.82, 2.24) is 14.8 Å². The SMILES string of the molecule is Cc1cc(-n2c([C@H](C)N)cc3cccc(F)c3c2=O)n[nH]1. The molecule has 0 bridgehead atoms. The highest BCUT2D eigenvalue weighted by molar-refractivity contribution is 5.83. The van der Waals surface area contributed by atoms with Crippen molar-refractivity contribution in [1.29, 1.82) is 0 Å².